The highest BCUT2D eigenvalue weighted by molar-refractivity contribution is 5.97. The zero-order valence-corrected chi connectivity index (χ0v) is 11.2. The Morgan fingerprint density at radius 1 is 1.25 bits per heavy atom. The molecule has 1 aliphatic heterocycles. The van der Waals surface area contributed by atoms with Crippen molar-refractivity contribution >= 4 is 16.5 Å². The van der Waals surface area contributed by atoms with E-state index < -0.39 is 0 Å². The van der Waals surface area contributed by atoms with Crippen molar-refractivity contribution in [1.82, 2.24) is 0 Å². The molecule has 2 aromatic rings. The summed E-state index contributed by atoms with van der Waals surface area (Å²) < 4.78 is 5.62. The molecule has 102 valence electrons. The van der Waals surface area contributed by atoms with Gasteiger partial charge in [0.15, 0.2) is 0 Å². The third kappa shape index (κ3) is 2.22. The van der Waals surface area contributed by atoms with Gasteiger partial charge in [-0.15, -0.1) is 0 Å². The van der Waals surface area contributed by atoms with Crippen molar-refractivity contribution in [3.63, 3.8) is 0 Å². The van der Waals surface area contributed by atoms with Crippen molar-refractivity contribution in [3.8, 4) is 6.07 Å². The van der Waals surface area contributed by atoms with E-state index in [9.17, 15) is 5.26 Å². The van der Waals surface area contributed by atoms with E-state index in [0.29, 0.717) is 18.7 Å². The van der Waals surface area contributed by atoms with Gasteiger partial charge >= 0.3 is 0 Å². The maximum absolute atomic E-state index is 9.22. The minimum absolute atomic E-state index is 0.0816. The molecular formula is C16H17N3O. The standard InChI is InChI=1S/C16H17N3O/c17-9-12-5-6-16(15-4-2-1-3-14(12)15)19-7-8-20-13(10-18)11-19/h1-6,13H,7-8,10-11,18H2. The number of morpholine rings is 1. The number of benzene rings is 2. The first-order valence-corrected chi connectivity index (χ1v) is 6.82. The highest BCUT2D eigenvalue weighted by Crippen LogP contribution is 2.30. The number of ether oxygens (including phenoxy) is 1. The van der Waals surface area contributed by atoms with Crippen molar-refractivity contribution in [2.45, 2.75) is 6.10 Å². The second-order valence-electron chi connectivity index (χ2n) is 4.96. The summed E-state index contributed by atoms with van der Waals surface area (Å²) in [5.74, 6) is 0. The summed E-state index contributed by atoms with van der Waals surface area (Å²) in [5, 5.41) is 11.3. The van der Waals surface area contributed by atoms with E-state index in [-0.39, 0.29) is 6.10 Å². The SMILES string of the molecule is N#Cc1ccc(N2CCOC(CN)C2)c2ccccc12. The van der Waals surface area contributed by atoms with Gasteiger partial charge in [-0.05, 0) is 12.1 Å². The molecule has 20 heavy (non-hydrogen) atoms. The fourth-order valence-electron chi connectivity index (χ4n) is 2.74. The van der Waals surface area contributed by atoms with Crippen LogP contribution in [-0.4, -0.2) is 32.3 Å². The van der Waals surface area contributed by atoms with Crippen LogP contribution in [0, 0.1) is 11.3 Å². The molecule has 2 N–H and O–H groups in total. The molecule has 0 bridgehead atoms. The van der Waals surface area contributed by atoms with E-state index in [1.54, 1.807) is 0 Å². The van der Waals surface area contributed by atoms with Gasteiger partial charge < -0.3 is 15.4 Å². The highest BCUT2D eigenvalue weighted by atomic mass is 16.5. The van der Waals surface area contributed by atoms with E-state index >= 15 is 0 Å². The van der Waals surface area contributed by atoms with E-state index in [1.807, 2.05) is 30.3 Å². The molecule has 2 aromatic carbocycles. The summed E-state index contributed by atoms with van der Waals surface area (Å²) in [6.45, 7) is 2.87. The third-order valence-corrected chi connectivity index (χ3v) is 3.76. The molecule has 3 rings (SSSR count). The van der Waals surface area contributed by atoms with Gasteiger partial charge in [-0.3, -0.25) is 0 Å². The Labute approximate surface area is 118 Å². The lowest BCUT2D eigenvalue weighted by molar-refractivity contribution is 0.0466. The molecule has 1 heterocycles. The average molecular weight is 267 g/mol. The maximum atomic E-state index is 9.22. The van der Waals surface area contributed by atoms with Crippen LogP contribution in [0.15, 0.2) is 36.4 Å². The lowest BCUT2D eigenvalue weighted by Gasteiger charge is -2.34. The summed E-state index contributed by atoms with van der Waals surface area (Å²) >= 11 is 0. The molecule has 1 aliphatic rings. The monoisotopic (exact) mass is 267 g/mol. The topological polar surface area (TPSA) is 62.3 Å². The van der Waals surface area contributed by atoms with Crippen LogP contribution in [0.1, 0.15) is 5.56 Å². The summed E-state index contributed by atoms with van der Waals surface area (Å²) in [7, 11) is 0. The number of nitrogens with two attached hydrogens (primary N) is 1. The average Bonchev–Trinajstić information content (AvgIpc) is 2.54. The van der Waals surface area contributed by atoms with Crippen molar-refractivity contribution in [3.05, 3.63) is 42.0 Å². The zero-order valence-electron chi connectivity index (χ0n) is 11.2. The molecule has 4 heteroatoms. The van der Waals surface area contributed by atoms with Crippen LogP contribution < -0.4 is 10.6 Å². The normalized spacial score (nSPS) is 19.0. The number of rotatable bonds is 2. The molecule has 4 nitrogen and oxygen atoms in total. The quantitative estimate of drug-likeness (QED) is 0.902. The van der Waals surface area contributed by atoms with E-state index in [2.05, 4.69) is 17.0 Å². The summed E-state index contributed by atoms with van der Waals surface area (Å²) in [4.78, 5) is 2.30. The molecule has 1 saturated heterocycles. The first kappa shape index (κ1) is 12.9. The van der Waals surface area contributed by atoms with Gasteiger partial charge in [-0.2, -0.15) is 5.26 Å². The predicted octanol–water partition coefficient (Wildman–Crippen LogP) is 1.88. The lowest BCUT2D eigenvalue weighted by Crippen LogP contribution is -2.45. The summed E-state index contributed by atoms with van der Waals surface area (Å²) in [5.41, 5.74) is 7.58. The Hall–Kier alpha value is -2.09. The number of hydrogen-bond donors (Lipinski definition) is 1. The summed E-state index contributed by atoms with van der Waals surface area (Å²) in [6, 6.07) is 14.2. The lowest BCUT2D eigenvalue weighted by atomic mass is 10.0. The fourth-order valence-corrected chi connectivity index (χ4v) is 2.74. The van der Waals surface area contributed by atoms with Crippen molar-refractivity contribution < 1.29 is 4.74 Å². The number of fused-ring (bicyclic) bond motifs is 1. The molecule has 1 unspecified atom stereocenters. The smallest absolute Gasteiger partial charge is 0.0998 e. The molecule has 1 fully saturated rings. The first-order chi connectivity index (χ1) is 9.83. The summed E-state index contributed by atoms with van der Waals surface area (Å²) in [6.07, 6.45) is 0.0816. The molecule has 0 saturated carbocycles. The minimum Gasteiger partial charge on any atom is -0.373 e. The number of hydrogen-bond acceptors (Lipinski definition) is 4. The van der Waals surface area contributed by atoms with Crippen LogP contribution in [0.3, 0.4) is 0 Å². The van der Waals surface area contributed by atoms with E-state index in [0.717, 1.165) is 29.5 Å². The molecule has 0 radical (unpaired) electrons. The van der Waals surface area contributed by atoms with Gasteiger partial charge in [0.2, 0.25) is 0 Å². The molecule has 0 aliphatic carbocycles. The Morgan fingerprint density at radius 2 is 2.05 bits per heavy atom. The predicted molar refractivity (Wildman–Crippen MR) is 79.7 cm³/mol. The zero-order chi connectivity index (χ0) is 13.9. The molecule has 0 amide bonds. The van der Waals surface area contributed by atoms with Crippen LogP contribution in [-0.2, 0) is 4.74 Å². The maximum Gasteiger partial charge on any atom is 0.0998 e. The second kappa shape index (κ2) is 5.49. The number of nitriles is 1. The van der Waals surface area contributed by atoms with Crippen molar-refractivity contribution in [2.75, 3.05) is 31.1 Å². The molecular weight excluding hydrogens is 250 g/mol. The molecule has 1 atom stereocenters. The van der Waals surface area contributed by atoms with Gasteiger partial charge in [0.05, 0.1) is 24.3 Å². The van der Waals surface area contributed by atoms with Crippen LogP contribution >= 0.6 is 0 Å². The highest BCUT2D eigenvalue weighted by Gasteiger charge is 2.21. The Bertz CT molecular complexity index is 662. The number of anilines is 1. The van der Waals surface area contributed by atoms with Crippen LogP contribution in [0.4, 0.5) is 5.69 Å². The van der Waals surface area contributed by atoms with Crippen LogP contribution in [0.2, 0.25) is 0 Å². The minimum atomic E-state index is 0.0816. The Balaban J connectivity index is 2.06. The fraction of sp³-hybridized carbons (Fsp3) is 0.312. The second-order valence-corrected chi connectivity index (χ2v) is 4.96. The largest absolute Gasteiger partial charge is 0.373 e. The number of nitrogens with zero attached hydrogens (tertiary/aromatic N) is 2. The molecule has 0 aromatic heterocycles. The van der Waals surface area contributed by atoms with Crippen molar-refractivity contribution in [1.29, 1.82) is 5.26 Å². The van der Waals surface area contributed by atoms with E-state index in [1.165, 1.54) is 0 Å². The van der Waals surface area contributed by atoms with Gasteiger partial charge in [-0.25, -0.2) is 0 Å². The van der Waals surface area contributed by atoms with Gasteiger partial charge in [-0.1, -0.05) is 24.3 Å². The van der Waals surface area contributed by atoms with E-state index in [4.69, 9.17) is 10.5 Å². The Morgan fingerprint density at radius 3 is 2.80 bits per heavy atom. The van der Waals surface area contributed by atoms with Gasteiger partial charge in [0.1, 0.15) is 0 Å². The van der Waals surface area contributed by atoms with Crippen LogP contribution in [0.5, 0.6) is 0 Å². The Kier molecular flexibility index (Phi) is 3.55. The van der Waals surface area contributed by atoms with Crippen LogP contribution in [0.25, 0.3) is 10.8 Å². The van der Waals surface area contributed by atoms with Gasteiger partial charge in [0, 0.05) is 36.1 Å². The third-order valence-electron chi connectivity index (χ3n) is 3.76. The van der Waals surface area contributed by atoms with Gasteiger partial charge in [0.25, 0.3) is 0 Å². The first-order valence-electron chi connectivity index (χ1n) is 6.82. The molecule has 0 spiro atoms. The van der Waals surface area contributed by atoms with Crippen molar-refractivity contribution in [2.24, 2.45) is 5.73 Å².